The fraction of sp³-hybridized carbons (Fsp3) is 0.500. The first-order valence-corrected chi connectivity index (χ1v) is 5.86. The second-order valence-electron chi connectivity index (χ2n) is 3.92. The highest BCUT2D eigenvalue weighted by Crippen LogP contribution is 2.07. The summed E-state index contributed by atoms with van der Waals surface area (Å²) in [5.41, 5.74) is 0.284. The highest BCUT2D eigenvalue weighted by atomic mass is 16.5. The van der Waals surface area contributed by atoms with Crippen molar-refractivity contribution >= 4 is 11.9 Å². The first kappa shape index (κ1) is 15.2. The first-order chi connectivity index (χ1) is 9.10. The Balaban J connectivity index is 2.83. The second kappa shape index (κ2) is 7.55. The fourth-order valence-electron chi connectivity index (χ4n) is 1.69. The van der Waals surface area contributed by atoms with Crippen molar-refractivity contribution in [2.45, 2.75) is 6.54 Å². The van der Waals surface area contributed by atoms with Crippen molar-refractivity contribution in [1.29, 1.82) is 0 Å². The van der Waals surface area contributed by atoms with Gasteiger partial charge in [0, 0.05) is 26.4 Å². The van der Waals surface area contributed by atoms with E-state index in [0.717, 1.165) is 0 Å². The summed E-state index contributed by atoms with van der Waals surface area (Å²) in [6.45, 7) is 0.445. The largest absolute Gasteiger partial charge is 0.480 e. The molecule has 0 spiro atoms. The van der Waals surface area contributed by atoms with Crippen LogP contribution in [-0.2, 0) is 16.1 Å². The van der Waals surface area contributed by atoms with Crippen LogP contribution < -0.4 is 0 Å². The molecule has 7 nitrogen and oxygen atoms in total. The van der Waals surface area contributed by atoms with Crippen LogP contribution in [0.25, 0.3) is 0 Å². The van der Waals surface area contributed by atoms with Gasteiger partial charge in [-0.2, -0.15) is 0 Å². The van der Waals surface area contributed by atoms with Gasteiger partial charge in [0.1, 0.15) is 12.2 Å². The number of amides is 1. The van der Waals surface area contributed by atoms with Gasteiger partial charge >= 0.3 is 5.97 Å². The van der Waals surface area contributed by atoms with E-state index in [1.165, 1.54) is 22.8 Å². The third-order valence-electron chi connectivity index (χ3n) is 2.58. The Hall–Kier alpha value is -1.86. The minimum atomic E-state index is -1.02. The molecule has 1 rings (SSSR count). The average Bonchev–Trinajstić information content (AvgIpc) is 2.80. The van der Waals surface area contributed by atoms with Crippen molar-refractivity contribution in [3.05, 3.63) is 24.0 Å². The molecule has 1 aromatic heterocycles. The molecule has 1 heterocycles. The topological polar surface area (TPSA) is 92.0 Å². The van der Waals surface area contributed by atoms with Crippen LogP contribution in [0.3, 0.4) is 0 Å². The number of methoxy groups -OCH3 is 1. The number of ether oxygens (including phenoxy) is 1. The highest BCUT2D eigenvalue weighted by molar-refractivity contribution is 5.93. The molecule has 0 aliphatic heterocycles. The quantitative estimate of drug-likeness (QED) is 0.674. The lowest BCUT2D eigenvalue weighted by Crippen LogP contribution is -2.37. The molecule has 0 aliphatic rings. The molecule has 1 aromatic rings. The lowest BCUT2D eigenvalue weighted by molar-refractivity contribution is -0.137. The molecule has 0 radical (unpaired) electrons. The standard InChI is InChI=1S/C12H18N2O5/c1-19-8-6-13(5-7-15)12(18)10-3-2-4-14(10)9-11(16)17/h2-4,15H,5-9H2,1H3,(H,16,17). The number of aliphatic hydroxyl groups is 1. The Kier molecular flexibility index (Phi) is 6.04. The van der Waals surface area contributed by atoms with Crippen molar-refractivity contribution < 1.29 is 24.5 Å². The summed E-state index contributed by atoms with van der Waals surface area (Å²) in [5.74, 6) is -1.34. The molecule has 19 heavy (non-hydrogen) atoms. The van der Waals surface area contributed by atoms with E-state index in [9.17, 15) is 9.59 Å². The number of aromatic nitrogens is 1. The van der Waals surface area contributed by atoms with Gasteiger partial charge in [-0.05, 0) is 12.1 Å². The molecular weight excluding hydrogens is 252 g/mol. The van der Waals surface area contributed by atoms with Crippen LogP contribution in [0, 0.1) is 0 Å². The summed E-state index contributed by atoms with van der Waals surface area (Å²) < 4.78 is 6.27. The SMILES string of the molecule is COCCN(CCO)C(=O)c1cccn1CC(=O)O. The van der Waals surface area contributed by atoms with Gasteiger partial charge in [0.05, 0.1) is 13.2 Å². The number of carboxylic acid groups (broad SMARTS) is 1. The molecule has 0 saturated carbocycles. The zero-order valence-electron chi connectivity index (χ0n) is 10.8. The Morgan fingerprint density at radius 1 is 1.42 bits per heavy atom. The third kappa shape index (κ3) is 4.38. The normalized spacial score (nSPS) is 10.4. The lowest BCUT2D eigenvalue weighted by Gasteiger charge is -2.21. The van der Waals surface area contributed by atoms with Gasteiger partial charge in [-0.15, -0.1) is 0 Å². The summed E-state index contributed by atoms with van der Waals surface area (Å²) in [7, 11) is 1.52. The van der Waals surface area contributed by atoms with E-state index in [-0.39, 0.29) is 31.3 Å². The van der Waals surface area contributed by atoms with E-state index in [1.807, 2.05) is 0 Å². The maximum absolute atomic E-state index is 12.2. The summed E-state index contributed by atoms with van der Waals surface area (Å²) in [6, 6.07) is 3.17. The monoisotopic (exact) mass is 270 g/mol. The first-order valence-electron chi connectivity index (χ1n) is 5.86. The number of nitrogens with zero attached hydrogens (tertiary/aromatic N) is 2. The minimum absolute atomic E-state index is 0.158. The van der Waals surface area contributed by atoms with Crippen molar-refractivity contribution in [3.8, 4) is 0 Å². The van der Waals surface area contributed by atoms with E-state index >= 15 is 0 Å². The molecule has 2 N–H and O–H groups in total. The molecule has 0 fully saturated rings. The Morgan fingerprint density at radius 3 is 2.74 bits per heavy atom. The summed E-state index contributed by atoms with van der Waals surface area (Å²) in [4.78, 5) is 24.4. The van der Waals surface area contributed by atoms with E-state index in [0.29, 0.717) is 13.2 Å². The third-order valence-corrected chi connectivity index (χ3v) is 2.58. The number of carbonyl (C=O) groups excluding carboxylic acids is 1. The predicted octanol–water partition coefficient (Wildman–Crippen LogP) is -0.346. The van der Waals surface area contributed by atoms with E-state index in [2.05, 4.69) is 0 Å². The van der Waals surface area contributed by atoms with Gasteiger partial charge in [0.15, 0.2) is 0 Å². The van der Waals surface area contributed by atoms with Crippen LogP contribution in [0.1, 0.15) is 10.5 Å². The maximum atomic E-state index is 12.2. The lowest BCUT2D eigenvalue weighted by atomic mass is 10.3. The predicted molar refractivity (Wildman–Crippen MR) is 66.9 cm³/mol. The molecular formula is C12H18N2O5. The van der Waals surface area contributed by atoms with Crippen LogP contribution >= 0.6 is 0 Å². The molecule has 0 aromatic carbocycles. The Labute approximate surface area is 111 Å². The molecule has 0 unspecified atom stereocenters. The van der Waals surface area contributed by atoms with Crippen LogP contribution in [0.2, 0.25) is 0 Å². The van der Waals surface area contributed by atoms with Crippen LogP contribution in [0.15, 0.2) is 18.3 Å². The number of aliphatic carboxylic acids is 1. The number of carbonyl (C=O) groups is 2. The fourth-order valence-corrected chi connectivity index (χ4v) is 1.69. The summed E-state index contributed by atoms with van der Waals surface area (Å²) >= 11 is 0. The molecule has 106 valence electrons. The van der Waals surface area contributed by atoms with Gasteiger partial charge < -0.3 is 24.4 Å². The van der Waals surface area contributed by atoms with Gasteiger partial charge in [-0.1, -0.05) is 0 Å². The number of rotatable bonds is 8. The number of hydrogen-bond donors (Lipinski definition) is 2. The molecule has 0 aliphatic carbocycles. The summed E-state index contributed by atoms with van der Waals surface area (Å²) in [6.07, 6.45) is 1.54. The maximum Gasteiger partial charge on any atom is 0.323 e. The van der Waals surface area contributed by atoms with E-state index in [4.69, 9.17) is 14.9 Å². The van der Waals surface area contributed by atoms with Gasteiger partial charge in [0.2, 0.25) is 0 Å². The van der Waals surface area contributed by atoms with Gasteiger partial charge in [0.25, 0.3) is 5.91 Å². The smallest absolute Gasteiger partial charge is 0.323 e. The molecule has 1 amide bonds. The van der Waals surface area contributed by atoms with Crippen molar-refractivity contribution in [1.82, 2.24) is 9.47 Å². The number of hydrogen-bond acceptors (Lipinski definition) is 4. The van der Waals surface area contributed by atoms with Gasteiger partial charge in [-0.3, -0.25) is 9.59 Å². The van der Waals surface area contributed by atoms with Crippen molar-refractivity contribution in [3.63, 3.8) is 0 Å². The van der Waals surface area contributed by atoms with Crippen molar-refractivity contribution in [2.24, 2.45) is 0 Å². The number of carboxylic acids is 1. The minimum Gasteiger partial charge on any atom is -0.480 e. The summed E-state index contributed by atoms with van der Waals surface area (Å²) in [5, 5.41) is 17.7. The van der Waals surface area contributed by atoms with Crippen molar-refractivity contribution in [2.75, 3.05) is 33.4 Å². The second-order valence-corrected chi connectivity index (χ2v) is 3.92. The zero-order valence-corrected chi connectivity index (χ0v) is 10.8. The van der Waals surface area contributed by atoms with Gasteiger partial charge in [-0.25, -0.2) is 0 Å². The Bertz CT molecular complexity index is 430. The highest BCUT2D eigenvalue weighted by Gasteiger charge is 2.19. The average molecular weight is 270 g/mol. The zero-order chi connectivity index (χ0) is 14.3. The van der Waals surface area contributed by atoms with E-state index in [1.54, 1.807) is 12.1 Å². The Morgan fingerprint density at radius 2 is 2.16 bits per heavy atom. The molecule has 0 bridgehead atoms. The molecule has 0 atom stereocenters. The number of aliphatic hydroxyl groups excluding tert-OH is 1. The van der Waals surface area contributed by atoms with Crippen LogP contribution in [0.4, 0.5) is 0 Å². The molecule has 7 heteroatoms. The molecule has 0 saturated heterocycles. The van der Waals surface area contributed by atoms with E-state index < -0.39 is 5.97 Å². The van der Waals surface area contributed by atoms with Crippen LogP contribution in [-0.4, -0.2) is 65.0 Å². The van der Waals surface area contributed by atoms with Crippen LogP contribution in [0.5, 0.6) is 0 Å².